The van der Waals surface area contributed by atoms with Crippen LogP contribution in [0.1, 0.15) is 10.4 Å². The van der Waals surface area contributed by atoms with Crippen molar-refractivity contribution in [2.45, 2.75) is 0 Å². The van der Waals surface area contributed by atoms with E-state index in [4.69, 9.17) is 4.42 Å². The minimum Gasteiger partial charge on any atom is -0.408 e. The summed E-state index contributed by atoms with van der Waals surface area (Å²) in [6.45, 7) is 0. The molecule has 17 heavy (non-hydrogen) atoms. The standard InChI is InChI=1S/C11H8BrNO4/c1-13-7-4-6(10(15)8(14)5-12)2-3-9(7)17-11(13)16/h2-4H,5H2,1H3. The fraction of sp³-hybridized carbons (Fsp3) is 0.182. The summed E-state index contributed by atoms with van der Waals surface area (Å²) < 4.78 is 6.20. The Labute approximate surface area is 104 Å². The number of fused-ring (bicyclic) bond motifs is 1. The molecule has 0 N–H and O–H groups in total. The number of carbonyl (C=O) groups is 2. The largest absolute Gasteiger partial charge is 0.419 e. The van der Waals surface area contributed by atoms with Gasteiger partial charge in [-0.15, -0.1) is 0 Å². The highest BCUT2D eigenvalue weighted by Crippen LogP contribution is 2.15. The van der Waals surface area contributed by atoms with Crippen molar-refractivity contribution in [3.8, 4) is 0 Å². The van der Waals surface area contributed by atoms with Crippen molar-refractivity contribution in [2.75, 3.05) is 5.33 Å². The summed E-state index contributed by atoms with van der Waals surface area (Å²) in [4.78, 5) is 34.1. The molecule has 0 aliphatic carbocycles. The third-order valence-corrected chi connectivity index (χ3v) is 2.94. The zero-order chi connectivity index (χ0) is 12.6. The van der Waals surface area contributed by atoms with Gasteiger partial charge in [0.05, 0.1) is 10.8 Å². The van der Waals surface area contributed by atoms with Gasteiger partial charge in [-0.05, 0) is 18.2 Å². The molecule has 0 amide bonds. The molecule has 88 valence electrons. The molecule has 0 unspecified atom stereocenters. The normalized spacial score (nSPS) is 10.7. The number of halogens is 1. The van der Waals surface area contributed by atoms with Crippen LogP contribution in [0.15, 0.2) is 27.4 Å². The van der Waals surface area contributed by atoms with Crippen LogP contribution in [0.2, 0.25) is 0 Å². The van der Waals surface area contributed by atoms with Crippen molar-refractivity contribution in [3.63, 3.8) is 0 Å². The van der Waals surface area contributed by atoms with Gasteiger partial charge in [-0.2, -0.15) is 0 Å². The summed E-state index contributed by atoms with van der Waals surface area (Å²) in [5.41, 5.74) is 1.13. The number of benzene rings is 1. The van der Waals surface area contributed by atoms with Crippen molar-refractivity contribution in [3.05, 3.63) is 34.3 Å². The molecule has 0 aliphatic rings. The lowest BCUT2D eigenvalue weighted by molar-refractivity contribution is -0.112. The molecule has 2 aromatic rings. The highest BCUT2D eigenvalue weighted by molar-refractivity contribution is 9.09. The number of aromatic nitrogens is 1. The van der Waals surface area contributed by atoms with Crippen LogP contribution in [0.3, 0.4) is 0 Å². The van der Waals surface area contributed by atoms with Crippen LogP contribution in [0, 0.1) is 0 Å². The molecule has 0 radical (unpaired) electrons. The van der Waals surface area contributed by atoms with Gasteiger partial charge in [0.15, 0.2) is 5.58 Å². The third-order valence-electron chi connectivity index (χ3n) is 2.43. The lowest BCUT2D eigenvalue weighted by atomic mass is 10.1. The topological polar surface area (TPSA) is 69.3 Å². The van der Waals surface area contributed by atoms with Crippen LogP contribution in [-0.4, -0.2) is 21.5 Å². The Morgan fingerprint density at radius 1 is 1.41 bits per heavy atom. The molecule has 0 bridgehead atoms. The maximum atomic E-state index is 11.6. The maximum absolute atomic E-state index is 11.6. The second kappa shape index (κ2) is 4.29. The first-order valence-corrected chi connectivity index (χ1v) is 5.90. The van der Waals surface area contributed by atoms with E-state index < -0.39 is 17.3 Å². The molecule has 0 saturated heterocycles. The third kappa shape index (κ3) is 1.95. The maximum Gasteiger partial charge on any atom is 0.419 e. The molecule has 0 atom stereocenters. The molecule has 0 aliphatic heterocycles. The number of aryl methyl sites for hydroxylation is 1. The number of Topliss-reactive ketones (excluding diaryl/α,β-unsaturated/α-hetero) is 2. The zero-order valence-corrected chi connectivity index (χ0v) is 10.5. The van der Waals surface area contributed by atoms with Crippen molar-refractivity contribution in [1.29, 1.82) is 0 Å². The molecular weight excluding hydrogens is 290 g/mol. The summed E-state index contributed by atoms with van der Waals surface area (Å²) in [5, 5.41) is -0.0197. The first-order valence-electron chi connectivity index (χ1n) is 4.77. The number of alkyl halides is 1. The second-order valence-electron chi connectivity index (χ2n) is 3.50. The Morgan fingerprint density at radius 2 is 2.12 bits per heavy atom. The molecule has 0 fully saturated rings. The van der Waals surface area contributed by atoms with E-state index in [1.807, 2.05) is 0 Å². The highest BCUT2D eigenvalue weighted by Gasteiger charge is 2.16. The minimum absolute atomic E-state index is 0.0197. The number of rotatable bonds is 3. The molecule has 0 saturated carbocycles. The average Bonchev–Trinajstić information content (AvgIpc) is 2.63. The fourth-order valence-electron chi connectivity index (χ4n) is 1.49. The van der Waals surface area contributed by atoms with Crippen LogP contribution in [-0.2, 0) is 11.8 Å². The van der Waals surface area contributed by atoms with E-state index in [0.717, 1.165) is 0 Å². The van der Waals surface area contributed by atoms with Gasteiger partial charge >= 0.3 is 5.76 Å². The molecular formula is C11H8BrNO4. The predicted octanol–water partition coefficient (Wildman–Crippen LogP) is 1.28. The lowest BCUT2D eigenvalue weighted by Gasteiger charge is -1.98. The Balaban J connectivity index is 2.58. The van der Waals surface area contributed by atoms with Gasteiger partial charge in [-0.25, -0.2) is 4.79 Å². The first kappa shape index (κ1) is 11.8. The summed E-state index contributed by atoms with van der Waals surface area (Å²) in [5.74, 6) is -1.62. The second-order valence-corrected chi connectivity index (χ2v) is 4.06. The molecule has 5 nitrogen and oxygen atoms in total. The van der Waals surface area contributed by atoms with Crippen LogP contribution >= 0.6 is 15.9 Å². The molecule has 6 heteroatoms. The van der Waals surface area contributed by atoms with Crippen molar-refractivity contribution < 1.29 is 14.0 Å². The Kier molecular flexibility index (Phi) is 2.97. The first-order chi connectivity index (χ1) is 8.04. The van der Waals surface area contributed by atoms with Gasteiger partial charge in [-0.1, -0.05) is 15.9 Å². The van der Waals surface area contributed by atoms with Gasteiger partial charge in [0.1, 0.15) is 0 Å². The van der Waals surface area contributed by atoms with Gasteiger partial charge in [0, 0.05) is 12.6 Å². The molecule has 0 spiro atoms. The monoisotopic (exact) mass is 297 g/mol. The van der Waals surface area contributed by atoms with Crippen molar-refractivity contribution >= 4 is 38.6 Å². The summed E-state index contributed by atoms with van der Waals surface area (Å²) in [7, 11) is 1.54. The number of nitrogens with zero attached hydrogens (tertiary/aromatic N) is 1. The minimum atomic E-state index is -0.586. The molecule has 1 heterocycles. The molecule has 1 aromatic carbocycles. The van der Waals surface area contributed by atoms with Gasteiger partial charge in [0.25, 0.3) is 0 Å². The Morgan fingerprint density at radius 3 is 2.76 bits per heavy atom. The van der Waals surface area contributed by atoms with Crippen LogP contribution in [0.4, 0.5) is 0 Å². The van der Waals surface area contributed by atoms with Gasteiger partial charge in [-0.3, -0.25) is 14.2 Å². The van der Waals surface area contributed by atoms with Crippen LogP contribution in [0.5, 0.6) is 0 Å². The van der Waals surface area contributed by atoms with E-state index in [2.05, 4.69) is 15.9 Å². The van der Waals surface area contributed by atoms with Gasteiger partial charge < -0.3 is 4.42 Å². The van der Waals surface area contributed by atoms with E-state index in [1.54, 1.807) is 0 Å². The SMILES string of the molecule is Cn1c(=O)oc2ccc(C(=O)C(=O)CBr)cc21. The Bertz CT molecular complexity index is 668. The smallest absolute Gasteiger partial charge is 0.408 e. The number of carbonyl (C=O) groups excluding carboxylic acids is 2. The quantitative estimate of drug-likeness (QED) is 0.486. The predicted molar refractivity (Wildman–Crippen MR) is 64.6 cm³/mol. The average molecular weight is 298 g/mol. The lowest BCUT2D eigenvalue weighted by Crippen LogP contribution is -2.15. The number of hydrogen-bond acceptors (Lipinski definition) is 4. The number of oxazole rings is 1. The van der Waals surface area contributed by atoms with E-state index in [0.29, 0.717) is 11.1 Å². The summed E-state index contributed by atoms with van der Waals surface area (Å²) >= 11 is 2.94. The summed E-state index contributed by atoms with van der Waals surface area (Å²) in [6, 6.07) is 4.45. The highest BCUT2D eigenvalue weighted by atomic mass is 79.9. The fourth-order valence-corrected chi connectivity index (χ4v) is 1.74. The summed E-state index contributed by atoms with van der Waals surface area (Å²) in [6.07, 6.45) is 0. The van der Waals surface area contributed by atoms with E-state index in [1.165, 1.54) is 29.8 Å². The van der Waals surface area contributed by atoms with Crippen LogP contribution in [0.25, 0.3) is 11.1 Å². The molecule has 1 aromatic heterocycles. The van der Waals surface area contributed by atoms with Crippen molar-refractivity contribution in [2.24, 2.45) is 7.05 Å². The zero-order valence-electron chi connectivity index (χ0n) is 8.90. The van der Waals surface area contributed by atoms with E-state index in [-0.39, 0.29) is 10.9 Å². The Hall–Kier alpha value is -1.69. The van der Waals surface area contributed by atoms with E-state index in [9.17, 15) is 14.4 Å². The molecule has 2 rings (SSSR count). The van der Waals surface area contributed by atoms with Crippen molar-refractivity contribution in [1.82, 2.24) is 4.57 Å². The van der Waals surface area contributed by atoms with Crippen LogP contribution < -0.4 is 5.76 Å². The van der Waals surface area contributed by atoms with Gasteiger partial charge in [0.2, 0.25) is 11.6 Å². The number of ketones is 2. The van der Waals surface area contributed by atoms with E-state index >= 15 is 0 Å². The number of hydrogen-bond donors (Lipinski definition) is 0.